The maximum absolute atomic E-state index is 10.5. The van der Waals surface area contributed by atoms with Gasteiger partial charge in [0.25, 0.3) is 0 Å². The Morgan fingerprint density at radius 1 is 1.60 bits per heavy atom. The van der Waals surface area contributed by atoms with Crippen LogP contribution in [0.3, 0.4) is 0 Å². The monoisotopic (exact) mass is 171 g/mol. The van der Waals surface area contributed by atoms with E-state index in [1.54, 1.807) is 0 Å². The van der Waals surface area contributed by atoms with Crippen molar-refractivity contribution in [1.29, 1.82) is 0 Å². The van der Waals surface area contributed by atoms with Crippen molar-refractivity contribution in [3.05, 3.63) is 0 Å². The van der Waals surface area contributed by atoms with Crippen molar-refractivity contribution in [2.45, 2.75) is 11.7 Å². The molecule has 1 atom stereocenters. The van der Waals surface area contributed by atoms with Crippen LogP contribution < -0.4 is 5.32 Å². The van der Waals surface area contributed by atoms with Crippen molar-refractivity contribution in [2.24, 2.45) is 0 Å². The van der Waals surface area contributed by atoms with Gasteiger partial charge in [-0.25, -0.2) is 0 Å². The maximum atomic E-state index is 10.5. The third kappa shape index (κ3) is 2.25. The Morgan fingerprint density at radius 3 is 2.40 bits per heavy atom. The molecule has 1 saturated heterocycles. The van der Waals surface area contributed by atoms with E-state index in [-0.39, 0.29) is 41.9 Å². The molecule has 1 aliphatic rings. The van der Waals surface area contributed by atoms with E-state index in [1.165, 1.54) is 0 Å². The Labute approximate surface area is 84.2 Å². The average molecular weight is 171 g/mol. The first-order chi connectivity index (χ1) is 4.24. The van der Waals surface area contributed by atoms with Crippen LogP contribution in [-0.4, -0.2) is 51.2 Å². The van der Waals surface area contributed by atoms with E-state index < -0.39 is 11.2 Å². The molecule has 1 fully saturated rings. The van der Waals surface area contributed by atoms with Crippen LogP contribution in [0.25, 0.3) is 0 Å². The van der Waals surface area contributed by atoms with Crippen LogP contribution in [0.2, 0.25) is 0 Å². The van der Waals surface area contributed by atoms with Gasteiger partial charge < -0.3 is 4.55 Å². The Kier molecular flexibility index (Phi) is 4.55. The van der Waals surface area contributed by atoms with Gasteiger partial charge in [-0.15, -0.1) is 0 Å². The van der Waals surface area contributed by atoms with Gasteiger partial charge in [0.15, 0.2) is 0 Å². The summed E-state index contributed by atoms with van der Waals surface area (Å²) in [4.78, 5) is 20.9. The SMILES string of the molecule is O=C1CC(SO)C(=O)N1.[NaH]. The topological polar surface area (TPSA) is 66.4 Å². The zero-order valence-electron chi connectivity index (χ0n) is 4.46. The normalized spacial score (nSPS) is 23.9. The Morgan fingerprint density at radius 2 is 2.20 bits per heavy atom. The van der Waals surface area contributed by atoms with Crippen molar-refractivity contribution >= 4 is 53.4 Å². The van der Waals surface area contributed by atoms with Gasteiger partial charge in [0.05, 0.1) is 6.42 Å². The summed E-state index contributed by atoms with van der Waals surface area (Å²) >= 11 is 0.411. The summed E-state index contributed by atoms with van der Waals surface area (Å²) in [6.45, 7) is 0. The number of nitrogens with one attached hydrogen (secondary N) is 1. The molecule has 52 valence electrons. The molecule has 0 bridgehead atoms. The Balaban J connectivity index is 0.000000810. The zero-order chi connectivity index (χ0) is 6.85. The van der Waals surface area contributed by atoms with Crippen molar-refractivity contribution in [3.8, 4) is 0 Å². The van der Waals surface area contributed by atoms with Crippen LogP contribution in [0, 0.1) is 0 Å². The zero-order valence-corrected chi connectivity index (χ0v) is 5.27. The molecule has 1 aliphatic heterocycles. The first-order valence-corrected chi connectivity index (χ1v) is 3.21. The van der Waals surface area contributed by atoms with E-state index in [2.05, 4.69) is 5.32 Å². The van der Waals surface area contributed by atoms with Crippen LogP contribution in [0.15, 0.2) is 0 Å². The number of rotatable bonds is 1. The van der Waals surface area contributed by atoms with Crippen LogP contribution in [-0.2, 0) is 9.59 Å². The number of hydrogen-bond acceptors (Lipinski definition) is 4. The summed E-state index contributed by atoms with van der Waals surface area (Å²) in [6.07, 6.45) is 0.0972. The van der Waals surface area contributed by atoms with E-state index in [1.807, 2.05) is 0 Å². The second-order valence-corrected chi connectivity index (χ2v) is 2.49. The van der Waals surface area contributed by atoms with Gasteiger partial charge in [-0.05, 0) is 0 Å². The summed E-state index contributed by atoms with van der Waals surface area (Å²) in [6, 6.07) is 0. The van der Waals surface area contributed by atoms with Crippen LogP contribution in [0.1, 0.15) is 6.42 Å². The average Bonchev–Trinajstić information content (AvgIpc) is 2.10. The minimum atomic E-state index is -0.586. The molecule has 10 heavy (non-hydrogen) atoms. The fraction of sp³-hybridized carbons (Fsp3) is 0.500. The van der Waals surface area contributed by atoms with Gasteiger partial charge in [-0.1, -0.05) is 0 Å². The second kappa shape index (κ2) is 4.35. The quantitative estimate of drug-likeness (QED) is 0.300. The molecule has 0 radical (unpaired) electrons. The summed E-state index contributed by atoms with van der Waals surface area (Å²) in [5.41, 5.74) is 0. The third-order valence-corrected chi connectivity index (χ3v) is 1.69. The summed E-state index contributed by atoms with van der Waals surface area (Å²) in [7, 11) is 0. The molecule has 1 heterocycles. The molecule has 4 nitrogen and oxygen atoms in total. The molecule has 0 saturated carbocycles. The first-order valence-electron chi connectivity index (χ1n) is 2.38. The van der Waals surface area contributed by atoms with Crippen LogP contribution in [0.5, 0.6) is 0 Å². The molecule has 0 aromatic rings. The van der Waals surface area contributed by atoms with Gasteiger partial charge in [0.1, 0.15) is 5.25 Å². The number of carbonyl (C=O) groups excluding carboxylic acids is 2. The predicted molar refractivity (Wildman–Crippen MR) is 38.9 cm³/mol. The first kappa shape index (κ1) is 10.4. The second-order valence-electron chi connectivity index (χ2n) is 1.71. The number of amides is 2. The summed E-state index contributed by atoms with van der Waals surface area (Å²) in [5.74, 6) is -0.709. The fourth-order valence-electron chi connectivity index (χ4n) is 0.615. The van der Waals surface area contributed by atoms with Crippen molar-refractivity contribution in [2.75, 3.05) is 0 Å². The van der Waals surface area contributed by atoms with E-state index >= 15 is 0 Å². The van der Waals surface area contributed by atoms with Gasteiger partial charge >= 0.3 is 29.6 Å². The molecule has 1 unspecified atom stereocenters. The molecule has 0 aliphatic carbocycles. The summed E-state index contributed by atoms with van der Waals surface area (Å²) < 4.78 is 8.36. The van der Waals surface area contributed by atoms with Crippen LogP contribution in [0.4, 0.5) is 0 Å². The van der Waals surface area contributed by atoms with Gasteiger partial charge in [0, 0.05) is 12.0 Å². The summed E-state index contributed by atoms with van der Waals surface area (Å²) in [5, 5.41) is 1.47. The van der Waals surface area contributed by atoms with Gasteiger partial charge in [-0.3, -0.25) is 14.9 Å². The van der Waals surface area contributed by atoms with E-state index in [0.717, 1.165) is 0 Å². The number of carbonyl (C=O) groups is 2. The molecule has 2 amide bonds. The molecule has 0 spiro atoms. The molecule has 2 N–H and O–H groups in total. The fourth-order valence-corrected chi connectivity index (χ4v) is 0.996. The molecule has 1 rings (SSSR count). The van der Waals surface area contributed by atoms with Gasteiger partial charge in [0.2, 0.25) is 11.8 Å². The Bertz CT molecular complexity index is 163. The van der Waals surface area contributed by atoms with E-state index in [9.17, 15) is 9.59 Å². The van der Waals surface area contributed by atoms with Crippen molar-refractivity contribution < 1.29 is 14.1 Å². The van der Waals surface area contributed by atoms with E-state index in [0.29, 0.717) is 12.0 Å². The van der Waals surface area contributed by atoms with Crippen molar-refractivity contribution in [3.63, 3.8) is 0 Å². The van der Waals surface area contributed by atoms with E-state index in [4.69, 9.17) is 4.55 Å². The van der Waals surface area contributed by atoms with Crippen molar-refractivity contribution in [1.82, 2.24) is 5.32 Å². The molecule has 0 aromatic carbocycles. The number of imide groups is 1. The molecule has 6 heteroatoms. The van der Waals surface area contributed by atoms with Crippen LogP contribution >= 0.6 is 12.0 Å². The molecular weight excluding hydrogens is 165 g/mol. The number of hydrogen-bond donors (Lipinski definition) is 2. The standard InChI is InChI=1S/C4H5NO3S.Na.H/c6-3-1-2(9-8)4(7)5-3;;/h2,8H,1H2,(H,5,6,7);;. The Hall–Kier alpha value is 0.450. The molecular formula is C4H6NNaO3S. The minimum absolute atomic E-state index is 0. The third-order valence-electron chi connectivity index (χ3n) is 1.05. The van der Waals surface area contributed by atoms with Gasteiger partial charge in [-0.2, -0.15) is 0 Å². The molecule has 0 aromatic heterocycles. The predicted octanol–water partition coefficient (Wildman–Crippen LogP) is -1.04.